The zero-order valence-corrected chi connectivity index (χ0v) is 15.0. The van der Waals surface area contributed by atoms with Crippen molar-refractivity contribution in [3.8, 4) is 5.75 Å². The molecule has 7 nitrogen and oxygen atoms in total. The molecule has 0 aliphatic rings. The smallest absolute Gasteiger partial charge is 0.387 e. The van der Waals surface area contributed by atoms with E-state index in [-0.39, 0.29) is 17.1 Å². The summed E-state index contributed by atoms with van der Waals surface area (Å²) >= 11 is 0. The summed E-state index contributed by atoms with van der Waals surface area (Å²) in [5.74, 6) is -1.69. The Labute approximate surface area is 154 Å². The topological polar surface area (TPSA) is 101 Å². The highest BCUT2D eigenvalue weighted by molar-refractivity contribution is 5.96. The summed E-state index contributed by atoms with van der Waals surface area (Å²) in [6.45, 7) is 1.27. The van der Waals surface area contributed by atoms with E-state index in [0.717, 1.165) is 0 Å². The number of esters is 1. The van der Waals surface area contributed by atoms with Crippen LogP contribution in [0, 0.1) is 13.8 Å². The van der Waals surface area contributed by atoms with Crippen LogP contribution >= 0.6 is 0 Å². The summed E-state index contributed by atoms with van der Waals surface area (Å²) < 4.78 is 34.0. The van der Waals surface area contributed by atoms with E-state index in [1.807, 2.05) is 0 Å². The Morgan fingerprint density at radius 2 is 1.93 bits per heavy atom. The molecule has 0 radical (unpaired) electrons. The molecule has 9 heteroatoms. The maximum absolute atomic E-state index is 12.4. The minimum atomic E-state index is -3.04. The monoisotopic (exact) mass is 382 g/mol. The zero-order chi connectivity index (χ0) is 20.1. The molecular weight excluding hydrogens is 362 g/mol. The van der Waals surface area contributed by atoms with Crippen molar-refractivity contribution in [1.29, 1.82) is 0 Å². The van der Waals surface area contributed by atoms with Crippen molar-refractivity contribution >= 4 is 17.6 Å². The number of carbonyl (C=O) groups is 2. The molecule has 1 aromatic heterocycles. The number of halogens is 2. The fraction of sp³-hybridized carbons (Fsp3) is 0.333. The van der Waals surface area contributed by atoms with Crippen LogP contribution in [0.5, 0.6) is 5.75 Å². The van der Waals surface area contributed by atoms with E-state index in [9.17, 15) is 23.5 Å². The van der Waals surface area contributed by atoms with Gasteiger partial charge < -0.3 is 24.9 Å². The first-order chi connectivity index (χ1) is 12.7. The SMILES string of the molecule is Cc1[nH]c(C(=O)OCC(=O)Nc2ccccc2OC(F)F)c(C)c1[C@H](C)O. The van der Waals surface area contributed by atoms with Gasteiger partial charge in [0, 0.05) is 11.3 Å². The number of aryl methyl sites for hydroxylation is 1. The molecule has 2 aromatic rings. The largest absolute Gasteiger partial charge is 0.451 e. The lowest BCUT2D eigenvalue weighted by atomic mass is 10.1. The van der Waals surface area contributed by atoms with Gasteiger partial charge in [-0.3, -0.25) is 4.79 Å². The number of hydrogen-bond acceptors (Lipinski definition) is 5. The average Bonchev–Trinajstić information content (AvgIpc) is 2.88. The highest BCUT2D eigenvalue weighted by atomic mass is 19.3. The molecular formula is C18H20F2N2O5. The number of nitrogens with one attached hydrogen (secondary N) is 2. The molecule has 0 saturated heterocycles. The molecule has 1 aromatic carbocycles. The van der Waals surface area contributed by atoms with Gasteiger partial charge in [0.2, 0.25) is 0 Å². The van der Waals surface area contributed by atoms with Crippen molar-refractivity contribution in [2.45, 2.75) is 33.5 Å². The summed E-state index contributed by atoms with van der Waals surface area (Å²) in [5, 5.41) is 12.1. The summed E-state index contributed by atoms with van der Waals surface area (Å²) in [7, 11) is 0. The number of aromatic nitrogens is 1. The van der Waals surface area contributed by atoms with Crippen molar-refractivity contribution in [3.05, 3.63) is 46.8 Å². The molecule has 2 rings (SSSR count). The number of aromatic amines is 1. The average molecular weight is 382 g/mol. The van der Waals surface area contributed by atoms with Gasteiger partial charge in [0.25, 0.3) is 5.91 Å². The fourth-order valence-corrected chi connectivity index (χ4v) is 2.75. The summed E-state index contributed by atoms with van der Waals surface area (Å²) in [4.78, 5) is 27.0. The Morgan fingerprint density at radius 1 is 1.26 bits per heavy atom. The first-order valence-corrected chi connectivity index (χ1v) is 8.08. The van der Waals surface area contributed by atoms with Crippen LogP contribution in [0.4, 0.5) is 14.5 Å². The van der Waals surface area contributed by atoms with E-state index >= 15 is 0 Å². The minimum Gasteiger partial charge on any atom is -0.451 e. The first-order valence-electron chi connectivity index (χ1n) is 8.08. The number of ether oxygens (including phenoxy) is 2. The molecule has 0 spiro atoms. The van der Waals surface area contributed by atoms with E-state index in [0.29, 0.717) is 16.8 Å². The van der Waals surface area contributed by atoms with Gasteiger partial charge in [0.1, 0.15) is 11.4 Å². The van der Waals surface area contributed by atoms with Gasteiger partial charge >= 0.3 is 12.6 Å². The molecule has 1 amide bonds. The van der Waals surface area contributed by atoms with Crippen molar-refractivity contribution in [2.24, 2.45) is 0 Å². The van der Waals surface area contributed by atoms with Gasteiger partial charge in [0.05, 0.1) is 11.8 Å². The van der Waals surface area contributed by atoms with Gasteiger partial charge in [-0.05, 0) is 38.5 Å². The summed E-state index contributed by atoms with van der Waals surface area (Å²) in [6.07, 6.45) is -0.766. The van der Waals surface area contributed by atoms with Crippen molar-refractivity contribution in [2.75, 3.05) is 11.9 Å². The number of amides is 1. The summed E-state index contributed by atoms with van der Waals surface area (Å²) in [5.41, 5.74) is 1.91. The van der Waals surface area contributed by atoms with Gasteiger partial charge in [-0.15, -0.1) is 0 Å². The van der Waals surface area contributed by atoms with Crippen LogP contribution in [0.25, 0.3) is 0 Å². The Morgan fingerprint density at radius 3 is 2.52 bits per heavy atom. The van der Waals surface area contributed by atoms with E-state index in [1.165, 1.54) is 24.3 Å². The number of anilines is 1. The number of hydrogen-bond donors (Lipinski definition) is 3. The number of aliphatic hydroxyl groups is 1. The van der Waals surface area contributed by atoms with E-state index < -0.39 is 31.2 Å². The molecule has 0 bridgehead atoms. The molecule has 0 aliphatic heterocycles. The van der Waals surface area contributed by atoms with Crippen LogP contribution < -0.4 is 10.1 Å². The van der Waals surface area contributed by atoms with Gasteiger partial charge in [0.15, 0.2) is 6.61 Å². The maximum Gasteiger partial charge on any atom is 0.387 e. The third kappa shape index (κ3) is 5.04. The van der Waals surface area contributed by atoms with Crippen molar-refractivity contribution in [3.63, 3.8) is 0 Å². The van der Waals surface area contributed by atoms with Crippen LogP contribution in [0.3, 0.4) is 0 Å². The number of carbonyl (C=O) groups excluding carboxylic acids is 2. The Balaban J connectivity index is 2.01. The van der Waals surface area contributed by atoms with E-state index in [2.05, 4.69) is 15.0 Å². The molecule has 27 heavy (non-hydrogen) atoms. The second-order valence-corrected chi connectivity index (χ2v) is 5.84. The number of H-pyrrole nitrogens is 1. The molecule has 1 atom stereocenters. The highest BCUT2D eigenvalue weighted by Crippen LogP contribution is 2.26. The Kier molecular flexibility index (Phi) is 6.51. The predicted molar refractivity (Wildman–Crippen MR) is 92.9 cm³/mol. The normalized spacial score (nSPS) is 12.0. The Hall–Kier alpha value is -2.94. The lowest BCUT2D eigenvalue weighted by molar-refractivity contribution is -0.119. The van der Waals surface area contributed by atoms with Crippen LogP contribution in [0.1, 0.15) is 40.3 Å². The minimum absolute atomic E-state index is 0.0298. The first kappa shape index (κ1) is 20.4. The molecule has 0 aliphatic carbocycles. The van der Waals surface area contributed by atoms with Crippen molar-refractivity contribution < 1.29 is 33.0 Å². The van der Waals surface area contributed by atoms with Crippen LogP contribution in [0.15, 0.2) is 24.3 Å². The standard InChI is InChI=1S/C18H20F2N2O5/c1-9-15(11(3)23)10(2)21-16(9)17(25)26-8-14(24)22-12-6-4-5-7-13(12)27-18(19)20/h4-7,11,18,21,23H,8H2,1-3H3,(H,22,24)/t11-/m0/s1. The molecule has 3 N–H and O–H groups in total. The number of benzene rings is 1. The lowest BCUT2D eigenvalue weighted by Gasteiger charge is -2.11. The van der Waals surface area contributed by atoms with E-state index in [1.54, 1.807) is 20.8 Å². The number of alkyl halides is 2. The Bertz CT molecular complexity index is 833. The fourth-order valence-electron chi connectivity index (χ4n) is 2.75. The third-order valence-corrected chi connectivity index (χ3v) is 3.83. The van der Waals surface area contributed by atoms with Gasteiger partial charge in [-0.1, -0.05) is 12.1 Å². The van der Waals surface area contributed by atoms with Gasteiger partial charge in [-0.25, -0.2) is 4.79 Å². The third-order valence-electron chi connectivity index (χ3n) is 3.83. The van der Waals surface area contributed by atoms with Crippen LogP contribution in [-0.2, 0) is 9.53 Å². The molecule has 146 valence electrons. The van der Waals surface area contributed by atoms with Crippen LogP contribution in [-0.4, -0.2) is 35.2 Å². The summed E-state index contributed by atoms with van der Waals surface area (Å²) in [6, 6.07) is 5.66. The zero-order valence-electron chi connectivity index (χ0n) is 15.0. The highest BCUT2D eigenvalue weighted by Gasteiger charge is 2.22. The second-order valence-electron chi connectivity index (χ2n) is 5.84. The maximum atomic E-state index is 12.4. The number of aliphatic hydroxyl groups excluding tert-OH is 1. The second kappa shape index (κ2) is 8.63. The quantitative estimate of drug-likeness (QED) is 0.639. The van der Waals surface area contributed by atoms with Crippen LogP contribution in [0.2, 0.25) is 0 Å². The molecule has 0 unspecified atom stereocenters. The van der Waals surface area contributed by atoms with Gasteiger partial charge in [-0.2, -0.15) is 8.78 Å². The molecule has 0 fully saturated rings. The predicted octanol–water partition coefficient (Wildman–Crippen LogP) is 3.08. The van der Waals surface area contributed by atoms with E-state index in [4.69, 9.17) is 4.74 Å². The number of para-hydroxylation sites is 2. The number of rotatable bonds is 7. The molecule has 1 heterocycles. The molecule has 0 saturated carbocycles. The van der Waals surface area contributed by atoms with Crippen molar-refractivity contribution in [1.82, 2.24) is 4.98 Å². The lowest BCUT2D eigenvalue weighted by Crippen LogP contribution is -2.22.